The second kappa shape index (κ2) is 6.15. The van der Waals surface area contributed by atoms with Crippen LogP contribution < -0.4 is 0 Å². The molecule has 5 unspecified atom stereocenters. The first kappa shape index (κ1) is 19.0. The highest BCUT2D eigenvalue weighted by Gasteiger charge is 2.49. The molecule has 3 aliphatic carbocycles. The fourth-order valence-electron chi connectivity index (χ4n) is 5.35. The van der Waals surface area contributed by atoms with E-state index >= 15 is 0 Å². The van der Waals surface area contributed by atoms with E-state index in [1.165, 1.54) is 12.0 Å². The van der Waals surface area contributed by atoms with Gasteiger partial charge in [0, 0.05) is 15.6 Å². The van der Waals surface area contributed by atoms with E-state index in [1.807, 2.05) is 0 Å². The summed E-state index contributed by atoms with van der Waals surface area (Å²) in [5, 5.41) is 0. The van der Waals surface area contributed by atoms with Gasteiger partial charge in [0.2, 0.25) is 0 Å². The Labute approximate surface area is 159 Å². The number of hydrogen-bond donors (Lipinski definition) is 1. The Morgan fingerprint density at radius 2 is 1.80 bits per heavy atom. The summed E-state index contributed by atoms with van der Waals surface area (Å²) in [5.41, 5.74) is 2.95. The molecule has 0 aliphatic heterocycles. The van der Waals surface area contributed by atoms with Crippen molar-refractivity contribution < 1.29 is 4.79 Å². The molecule has 5 atom stereocenters. The number of thiol groups is 1. The van der Waals surface area contributed by atoms with Crippen molar-refractivity contribution in [1.82, 2.24) is 0 Å². The van der Waals surface area contributed by atoms with Crippen LogP contribution in [0.15, 0.2) is 35.5 Å². The molecule has 0 heterocycles. The van der Waals surface area contributed by atoms with Gasteiger partial charge >= 0.3 is 0 Å². The summed E-state index contributed by atoms with van der Waals surface area (Å²) in [7, 11) is 0. The van der Waals surface area contributed by atoms with Gasteiger partial charge in [-0.05, 0) is 68.4 Å². The van der Waals surface area contributed by atoms with Crippen LogP contribution in [-0.2, 0) is 4.79 Å². The first-order valence-electron chi connectivity index (χ1n) is 9.84. The SMILES string of the molecule is CC(=O)C1(C)CCC2C3=C/C(C)(C)/C=C\C(C)(S)/C=C\3CCC2C1C. The van der Waals surface area contributed by atoms with Crippen LogP contribution in [0, 0.1) is 28.6 Å². The molecule has 1 nitrogen and oxygen atoms in total. The maximum atomic E-state index is 12.3. The summed E-state index contributed by atoms with van der Waals surface area (Å²) in [6.07, 6.45) is 13.9. The number of carbonyl (C=O) groups excluding carboxylic acids is 1. The van der Waals surface area contributed by atoms with Gasteiger partial charge in [-0.3, -0.25) is 4.79 Å². The summed E-state index contributed by atoms with van der Waals surface area (Å²) in [6, 6.07) is 0. The van der Waals surface area contributed by atoms with Crippen LogP contribution in [0.2, 0.25) is 0 Å². The zero-order valence-corrected chi connectivity index (χ0v) is 17.6. The number of hydrogen-bond acceptors (Lipinski definition) is 2. The van der Waals surface area contributed by atoms with Crippen LogP contribution in [0.25, 0.3) is 0 Å². The minimum absolute atomic E-state index is 0.0469. The van der Waals surface area contributed by atoms with Gasteiger partial charge in [-0.2, -0.15) is 12.6 Å². The lowest BCUT2D eigenvalue weighted by molar-refractivity contribution is -0.133. The van der Waals surface area contributed by atoms with Crippen LogP contribution >= 0.6 is 12.6 Å². The monoisotopic (exact) mass is 358 g/mol. The Bertz CT molecular complexity index is 664. The number of allylic oxidation sites excluding steroid dienone is 4. The number of Topliss-reactive ketones (excluding diaryl/α,β-unsaturated/α-hetero) is 1. The summed E-state index contributed by atoms with van der Waals surface area (Å²) >= 11 is 4.88. The third kappa shape index (κ3) is 3.44. The van der Waals surface area contributed by atoms with Gasteiger partial charge in [-0.1, -0.05) is 52.0 Å². The first-order valence-corrected chi connectivity index (χ1v) is 10.3. The van der Waals surface area contributed by atoms with Crippen LogP contribution in [-0.4, -0.2) is 10.5 Å². The van der Waals surface area contributed by atoms with Crippen molar-refractivity contribution in [2.75, 3.05) is 0 Å². The van der Waals surface area contributed by atoms with Crippen molar-refractivity contribution in [3.05, 3.63) is 35.5 Å². The number of carbonyl (C=O) groups is 1. The molecule has 0 saturated heterocycles. The fraction of sp³-hybridized carbons (Fsp3) is 0.696. The van der Waals surface area contributed by atoms with Crippen LogP contribution in [0.3, 0.4) is 0 Å². The third-order valence-corrected chi connectivity index (χ3v) is 7.58. The van der Waals surface area contributed by atoms with Gasteiger partial charge < -0.3 is 0 Å². The van der Waals surface area contributed by atoms with E-state index in [9.17, 15) is 4.79 Å². The Morgan fingerprint density at radius 1 is 1.12 bits per heavy atom. The predicted molar refractivity (Wildman–Crippen MR) is 110 cm³/mol. The number of fused-ring (bicyclic) bond motifs is 3. The predicted octanol–water partition coefficient (Wildman–Crippen LogP) is 6.18. The Hall–Kier alpha value is -0.760. The topological polar surface area (TPSA) is 17.1 Å². The molecule has 2 saturated carbocycles. The lowest BCUT2D eigenvalue weighted by Crippen LogP contribution is -2.46. The van der Waals surface area contributed by atoms with E-state index in [1.54, 1.807) is 12.5 Å². The van der Waals surface area contributed by atoms with Gasteiger partial charge in [0.25, 0.3) is 0 Å². The lowest BCUT2D eigenvalue weighted by Gasteiger charge is -2.51. The highest BCUT2D eigenvalue weighted by molar-refractivity contribution is 7.82. The summed E-state index contributed by atoms with van der Waals surface area (Å²) in [4.78, 5) is 12.3. The maximum Gasteiger partial charge on any atom is 0.135 e. The molecule has 25 heavy (non-hydrogen) atoms. The molecule has 3 aliphatic rings. The molecule has 0 N–H and O–H groups in total. The van der Waals surface area contributed by atoms with Crippen molar-refractivity contribution in [3.63, 3.8) is 0 Å². The van der Waals surface area contributed by atoms with Gasteiger partial charge in [0.05, 0.1) is 0 Å². The third-order valence-electron chi connectivity index (χ3n) is 7.30. The average Bonchev–Trinajstić information content (AvgIpc) is 2.50. The first-order chi connectivity index (χ1) is 11.5. The molecule has 138 valence electrons. The fourth-order valence-corrected chi connectivity index (χ4v) is 5.58. The molecule has 0 bridgehead atoms. The van der Waals surface area contributed by atoms with Crippen molar-refractivity contribution in [2.24, 2.45) is 28.6 Å². The summed E-state index contributed by atoms with van der Waals surface area (Å²) in [6.45, 7) is 13.1. The highest BCUT2D eigenvalue weighted by Crippen LogP contribution is 2.56. The van der Waals surface area contributed by atoms with E-state index in [0.29, 0.717) is 23.5 Å². The van der Waals surface area contributed by atoms with Crippen LogP contribution in [0.5, 0.6) is 0 Å². The van der Waals surface area contributed by atoms with Gasteiger partial charge in [-0.15, -0.1) is 0 Å². The van der Waals surface area contributed by atoms with E-state index in [4.69, 9.17) is 12.6 Å². The maximum absolute atomic E-state index is 12.3. The molecule has 3 rings (SSSR count). The van der Waals surface area contributed by atoms with Crippen LogP contribution in [0.1, 0.15) is 67.2 Å². The minimum atomic E-state index is -0.187. The van der Waals surface area contributed by atoms with E-state index in [0.717, 1.165) is 19.3 Å². The Kier molecular flexibility index (Phi) is 4.68. The number of ketones is 1. The summed E-state index contributed by atoms with van der Waals surface area (Å²) < 4.78 is -0.187. The van der Waals surface area contributed by atoms with E-state index in [2.05, 4.69) is 58.9 Å². The molecule has 0 aromatic carbocycles. The quantitative estimate of drug-likeness (QED) is 0.438. The van der Waals surface area contributed by atoms with Crippen molar-refractivity contribution in [2.45, 2.75) is 72.0 Å². The smallest absolute Gasteiger partial charge is 0.135 e. The second-order valence-corrected chi connectivity index (χ2v) is 10.7. The molecule has 0 amide bonds. The number of rotatable bonds is 1. The lowest BCUT2D eigenvalue weighted by atomic mass is 9.53. The van der Waals surface area contributed by atoms with E-state index in [-0.39, 0.29) is 15.6 Å². The van der Waals surface area contributed by atoms with Gasteiger partial charge in [-0.25, -0.2) is 0 Å². The normalized spacial score (nSPS) is 48.5. The zero-order chi connectivity index (χ0) is 18.6. The molecular formula is C23H34OS. The van der Waals surface area contributed by atoms with Gasteiger partial charge in [0.15, 0.2) is 0 Å². The van der Waals surface area contributed by atoms with Crippen LogP contribution in [0.4, 0.5) is 0 Å². The second-order valence-electron chi connectivity index (χ2n) is 9.76. The molecule has 2 heteroatoms. The van der Waals surface area contributed by atoms with Crippen molar-refractivity contribution in [1.29, 1.82) is 0 Å². The summed E-state index contributed by atoms with van der Waals surface area (Å²) in [5.74, 6) is 2.05. The molecular weight excluding hydrogens is 324 g/mol. The highest BCUT2D eigenvalue weighted by atomic mass is 32.1. The molecule has 0 aromatic heterocycles. The Morgan fingerprint density at radius 3 is 2.44 bits per heavy atom. The largest absolute Gasteiger partial charge is 0.299 e. The standard InChI is InChI=1S/C23H34OS/c1-15-18-8-7-17-13-22(5,25)12-11-21(3,4)14-20(17)19(18)9-10-23(15,6)16(2)24/h11-15,18-19,25H,7-10H2,1-6H3/b12-11-,17-13-,20-14+. The molecule has 0 radical (unpaired) electrons. The van der Waals surface area contributed by atoms with E-state index < -0.39 is 0 Å². The average molecular weight is 359 g/mol. The molecule has 0 aromatic rings. The minimum Gasteiger partial charge on any atom is -0.299 e. The van der Waals surface area contributed by atoms with Crippen molar-refractivity contribution in [3.8, 4) is 0 Å². The zero-order valence-electron chi connectivity index (χ0n) is 16.7. The Balaban J connectivity index is 2.03. The molecule has 0 spiro atoms. The molecule has 2 fully saturated rings. The van der Waals surface area contributed by atoms with Crippen molar-refractivity contribution >= 4 is 18.4 Å². The van der Waals surface area contributed by atoms with Gasteiger partial charge in [0.1, 0.15) is 5.78 Å².